The van der Waals surface area contributed by atoms with E-state index in [1.54, 1.807) is 17.0 Å². The van der Waals surface area contributed by atoms with Crippen LogP contribution in [0.2, 0.25) is 10.0 Å². The third kappa shape index (κ3) is 5.31. The summed E-state index contributed by atoms with van der Waals surface area (Å²) in [5, 5.41) is 3.69. The standard InChI is InChI=1S/C24H28Cl2N2O5/c1-13(2)27-23(29)18-12-28(24(30)16-7-6-15(25)10-19(16)26)11-17(18)14-8-20(31-3)22(33-5)21(9-14)32-4/h6-10,13,17-18H,11-12H2,1-5H3,(H,27,29). The summed E-state index contributed by atoms with van der Waals surface area (Å²) in [5.74, 6) is 0.305. The SMILES string of the molecule is COc1cc(C2CN(C(=O)c3ccc(Cl)cc3Cl)CC2C(=O)NC(C)C)cc(OC)c1OC. The Balaban J connectivity index is 2.01. The van der Waals surface area contributed by atoms with Crippen molar-refractivity contribution in [2.24, 2.45) is 5.92 Å². The Bertz CT molecular complexity index is 1020. The summed E-state index contributed by atoms with van der Waals surface area (Å²) < 4.78 is 16.4. The van der Waals surface area contributed by atoms with Crippen LogP contribution >= 0.6 is 23.2 Å². The lowest BCUT2D eigenvalue weighted by Gasteiger charge is -2.21. The highest BCUT2D eigenvalue weighted by molar-refractivity contribution is 6.36. The van der Waals surface area contributed by atoms with Gasteiger partial charge < -0.3 is 24.4 Å². The second-order valence-electron chi connectivity index (χ2n) is 8.17. The molecular formula is C24H28Cl2N2O5. The molecule has 178 valence electrons. The van der Waals surface area contributed by atoms with Crippen LogP contribution in [0, 0.1) is 5.92 Å². The fourth-order valence-electron chi connectivity index (χ4n) is 4.11. The Kier molecular flexibility index (Phi) is 7.97. The van der Waals surface area contributed by atoms with E-state index >= 15 is 0 Å². The van der Waals surface area contributed by atoms with Crippen LogP contribution in [0.3, 0.4) is 0 Å². The highest BCUT2D eigenvalue weighted by atomic mass is 35.5. The van der Waals surface area contributed by atoms with Gasteiger partial charge in [-0.2, -0.15) is 0 Å². The average Bonchev–Trinajstić information content (AvgIpc) is 3.23. The molecule has 0 aliphatic carbocycles. The Hall–Kier alpha value is -2.64. The summed E-state index contributed by atoms with van der Waals surface area (Å²) in [5.41, 5.74) is 1.15. The zero-order valence-electron chi connectivity index (χ0n) is 19.3. The quantitative estimate of drug-likeness (QED) is 0.617. The second kappa shape index (κ2) is 10.5. The molecule has 2 atom stereocenters. The predicted molar refractivity (Wildman–Crippen MR) is 128 cm³/mol. The van der Waals surface area contributed by atoms with Crippen molar-refractivity contribution in [3.63, 3.8) is 0 Å². The molecule has 33 heavy (non-hydrogen) atoms. The average molecular weight is 495 g/mol. The molecule has 1 aliphatic heterocycles. The van der Waals surface area contributed by atoms with Crippen LogP contribution < -0.4 is 19.5 Å². The lowest BCUT2D eigenvalue weighted by molar-refractivity contribution is -0.125. The van der Waals surface area contributed by atoms with Crippen LogP contribution in [0.1, 0.15) is 35.7 Å². The zero-order valence-corrected chi connectivity index (χ0v) is 20.8. The van der Waals surface area contributed by atoms with E-state index in [1.165, 1.54) is 27.4 Å². The Labute approximate surface area is 203 Å². The summed E-state index contributed by atoms with van der Waals surface area (Å²) in [6.45, 7) is 4.37. The van der Waals surface area contributed by atoms with Crippen LogP contribution in [0.4, 0.5) is 0 Å². The first-order chi connectivity index (χ1) is 15.7. The van der Waals surface area contributed by atoms with Crippen molar-refractivity contribution in [1.82, 2.24) is 10.2 Å². The van der Waals surface area contributed by atoms with Gasteiger partial charge in [-0.15, -0.1) is 0 Å². The molecule has 2 aromatic rings. The van der Waals surface area contributed by atoms with Crippen molar-refractivity contribution in [2.75, 3.05) is 34.4 Å². The van der Waals surface area contributed by atoms with Crippen molar-refractivity contribution in [3.05, 3.63) is 51.5 Å². The van der Waals surface area contributed by atoms with Gasteiger partial charge in [0.2, 0.25) is 11.7 Å². The first kappa shape index (κ1) is 25.0. The number of carbonyl (C=O) groups excluding carboxylic acids is 2. The Morgan fingerprint density at radius 2 is 1.64 bits per heavy atom. The smallest absolute Gasteiger partial charge is 0.255 e. The molecule has 0 radical (unpaired) electrons. The maximum Gasteiger partial charge on any atom is 0.255 e. The van der Waals surface area contributed by atoms with Crippen molar-refractivity contribution in [1.29, 1.82) is 0 Å². The molecule has 1 N–H and O–H groups in total. The number of likely N-dealkylation sites (tertiary alicyclic amines) is 1. The maximum atomic E-state index is 13.3. The summed E-state index contributed by atoms with van der Waals surface area (Å²) in [6, 6.07) is 8.37. The summed E-state index contributed by atoms with van der Waals surface area (Å²) >= 11 is 12.3. The number of halogens is 2. The van der Waals surface area contributed by atoms with Crippen LogP contribution in [-0.2, 0) is 4.79 Å². The van der Waals surface area contributed by atoms with Gasteiger partial charge in [-0.25, -0.2) is 0 Å². The number of carbonyl (C=O) groups is 2. The first-order valence-electron chi connectivity index (χ1n) is 10.5. The molecule has 1 fully saturated rings. The Morgan fingerprint density at radius 3 is 2.15 bits per heavy atom. The monoisotopic (exact) mass is 494 g/mol. The Morgan fingerprint density at radius 1 is 1.00 bits per heavy atom. The van der Waals surface area contributed by atoms with Gasteiger partial charge in [-0.1, -0.05) is 23.2 Å². The number of ether oxygens (including phenoxy) is 3. The first-order valence-corrected chi connectivity index (χ1v) is 11.3. The van der Waals surface area contributed by atoms with E-state index in [1.807, 2.05) is 26.0 Å². The fraction of sp³-hybridized carbons (Fsp3) is 0.417. The van der Waals surface area contributed by atoms with Crippen LogP contribution in [0.5, 0.6) is 17.2 Å². The van der Waals surface area contributed by atoms with Crippen LogP contribution in [-0.4, -0.2) is 57.2 Å². The molecule has 1 saturated heterocycles. The minimum atomic E-state index is -0.467. The van der Waals surface area contributed by atoms with Crippen molar-refractivity contribution in [3.8, 4) is 17.2 Å². The van der Waals surface area contributed by atoms with Crippen molar-refractivity contribution >= 4 is 35.0 Å². The van der Waals surface area contributed by atoms with Gasteiger partial charge in [-0.3, -0.25) is 9.59 Å². The molecule has 2 aromatic carbocycles. The lowest BCUT2D eigenvalue weighted by Crippen LogP contribution is -2.39. The molecule has 1 heterocycles. The number of amides is 2. The molecule has 1 aliphatic rings. The number of methoxy groups -OCH3 is 3. The van der Waals surface area contributed by atoms with E-state index in [0.717, 1.165) is 5.56 Å². The van der Waals surface area contributed by atoms with Crippen LogP contribution in [0.25, 0.3) is 0 Å². The molecule has 0 bridgehead atoms. The van der Waals surface area contributed by atoms with Gasteiger partial charge in [0, 0.05) is 30.1 Å². The topological polar surface area (TPSA) is 77.1 Å². The maximum absolute atomic E-state index is 13.3. The molecule has 7 nitrogen and oxygen atoms in total. The third-order valence-corrected chi connectivity index (χ3v) is 6.20. The normalized spacial score (nSPS) is 17.8. The van der Waals surface area contributed by atoms with Gasteiger partial charge in [-0.05, 0) is 49.7 Å². The molecule has 2 amide bonds. The molecule has 0 spiro atoms. The fourth-order valence-corrected chi connectivity index (χ4v) is 4.60. The van der Waals surface area contributed by atoms with E-state index < -0.39 is 5.92 Å². The molecule has 9 heteroatoms. The van der Waals surface area contributed by atoms with Gasteiger partial charge in [0.1, 0.15) is 0 Å². The van der Waals surface area contributed by atoms with Crippen molar-refractivity contribution < 1.29 is 23.8 Å². The highest BCUT2D eigenvalue weighted by Gasteiger charge is 2.41. The van der Waals surface area contributed by atoms with Gasteiger partial charge in [0.05, 0.1) is 37.8 Å². The summed E-state index contributed by atoms with van der Waals surface area (Å²) in [7, 11) is 4.61. The van der Waals surface area contributed by atoms with Gasteiger partial charge >= 0.3 is 0 Å². The van der Waals surface area contributed by atoms with Gasteiger partial charge in [0.15, 0.2) is 11.5 Å². The van der Waals surface area contributed by atoms with Gasteiger partial charge in [0.25, 0.3) is 5.91 Å². The molecule has 2 unspecified atom stereocenters. The zero-order chi connectivity index (χ0) is 24.3. The molecule has 0 saturated carbocycles. The van der Waals surface area contributed by atoms with E-state index in [-0.39, 0.29) is 35.3 Å². The number of nitrogens with one attached hydrogen (secondary N) is 1. The number of hydrogen-bond donors (Lipinski definition) is 1. The van der Waals surface area contributed by atoms with E-state index in [4.69, 9.17) is 37.4 Å². The molecule has 3 rings (SSSR count). The van der Waals surface area contributed by atoms with Crippen molar-refractivity contribution in [2.45, 2.75) is 25.8 Å². The molecule has 0 aromatic heterocycles. The number of benzene rings is 2. The number of nitrogens with zero attached hydrogens (tertiary/aromatic N) is 1. The lowest BCUT2D eigenvalue weighted by atomic mass is 9.87. The second-order valence-corrected chi connectivity index (χ2v) is 9.01. The van der Waals surface area contributed by atoms with E-state index in [0.29, 0.717) is 34.4 Å². The summed E-state index contributed by atoms with van der Waals surface area (Å²) in [6.07, 6.45) is 0. The number of hydrogen-bond acceptors (Lipinski definition) is 5. The third-order valence-electron chi connectivity index (χ3n) is 5.65. The largest absolute Gasteiger partial charge is 0.493 e. The predicted octanol–water partition coefficient (Wildman–Crippen LogP) is 4.40. The molecular weight excluding hydrogens is 467 g/mol. The minimum Gasteiger partial charge on any atom is -0.493 e. The van der Waals surface area contributed by atoms with E-state index in [2.05, 4.69) is 5.32 Å². The van der Waals surface area contributed by atoms with Crippen LogP contribution in [0.15, 0.2) is 30.3 Å². The highest BCUT2D eigenvalue weighted by Crippen LogP contribution is 2.43. The minimum absolute atomic E-state index is 0.0337. The summed E-state index contributed by atoms with van der Waals surface area (Å²) in [4.78, 5) is 28.0. The number of rotatable bonds is 7. The van der Waals surface area contributed by atoms with E-state index in [9.17, 15) is 9.59 Å².